The van der Waals surface area contributed by atoms with Crippen LogP contribution in [0.5, 0.6) is 0 Å². The highest BCUT2D eigenvalue weighted by Gasteiger charge is 2.26. The molecule has 0 atom stereocenters. The normalized spacial score (nSPS) is 13.5. The number of rotatable bonds is 4. The van der Waals surface area contributed by atoms with E-state index in [0.29, 0.717) is 6.54 Å². The highest BCUT2D eigenvalue weighted by atomic mass is 32.2. The van der Waals surface area contributed by atoms with Crippen molar-refractivity contribution in [2.45, 2.75) is 18.7 Å². The third-order valence-corrected chi connectivity index (χ3v) is 6.46. The maximum absolute atomic E-state index is 12.9. The molecular formula is C18H17N3OS2. The Bertz CT molecular complexity index is 841. The molecule has 1 aliphatic heterocycles. The van der Waals surface area contributed by atoms with Crippen LogP contribution < -0.4 is 5.32 Å². The Labute approximate surface area is 148 Å². The molecule has 3 aromatic heterocycles. The van der Waals surface area contributed by atoms with Gasteiger partial charge in [-0.2, -0.15) is 11.8 Å². The fraction of sp³-hybridized carbons (Fsp3) is 0.222. The SMILES string of the molecule is O=C(NCc1cccnc1)c1c(-n2cccc2)sc2c1CCSC2. The molecule has 0 saturated heterocycles. The molecule has 6 heteroatoms. The summed E-state index contributed by atoms with van der Waals surface area (Å²) in [6.45, 7) is 0.497. The zero-order valence-electron chi connectivity index (χ0n) is 13.1. The number of aromatic nitrogens is 2. The zero-order valence-corrected chi connectivity index (χ0v) is 14.7. The topological polar surface area (TPSA) is 46.9 Å². The van der Waals surface area contributed by atoms with E-state index in [4.69, 9.17) is 0 Å². The number of fused-ring (bicyclic) bond motifs is 1. The number of nitrogens with zero attached hydrogens (tertiary/aromatic N) is 2. The van der Waals surface area contributed by atoms with Gasteiger partial charge in [0.05, 0.1) is 5.56 Å². The van der Waals surface area contributed by atoms with Gasteiger partial charge in [-0.1, -0.05) is 6.07 Å². The van der Waals surface area contributed by atoms with Gasteiger partial charge in [0.15, 0.2) is 0 Å². The number of amides is 1. The summed E-state index contributed by atoms with van der Waals surface area (Å²) in [5.74, 6) is 2.09. The van der Waals surface area contributed by atoms with Crippen LogP contribution in [0.1, 0.15) is 26.4 Å². The van der Waals surface area contributed by atoms with E-state index in [2.05, 4.69) is 10.3 Å². The average molecular weight is 355 g/mol. The third kappa shape index (κ3) is 2.99. The molecule has 0 spiro atoms. The molecule has 4 rings (SSSR count). The van der Waals surface area contributed by atoms with Crippen LogP contribution >= 0.6 is 23.1 Å². The lowest BCUT2D eigenvalue weighted by molar-refractivity contribution is 0.0950. The van der Waals surface area contributed by atoms with Crippen LogP contribution in [0.4, 0.5) is 0 Å². The van der Waals surface area contributed by atoms with Crippen molar-refractivity contribution >= 4 is 29.0 Å². The molecule has 24 heavy (non-hydrogen) atoms. The zero-order chi connectivity index (χ0) is 16.4. The van der Waals surface area contributed by atoms with E-state index >= 15 is 0 Å². The molecule has 3 aromatic rings. The van der Waals surface area contributed by atoms with Crippen LogP contribution in [-0.4, -0.2) is 21.2 Å². The Kier molecular flexibility index (Phi) is 4.40. The van der Waals surface area contributed by atoms with Crippen molar-refractivity contribution in [3.8, 4) is 5.00 Å². The summed E-state index contributed by atoms with van der Waals surface area (Å²) in [4.78, 5) is 18.4. The largest absolute Gasteiger partial charge is 0.348 e. The molecule has 0 aliphatic carbocycles. The Hall–Kier alpha value is -2.05. The third-order valence-electron chi connectivity index (χ3n) is 4.04. The minimum Gasteiger partial charge on any atom is -0.348 e. The van der Waals surface area contributed by atoms with Gasteiger partial charge in [-0.15, -0.1) is 11.3 Å². The molecule has 1 aliphatic rings. The molecular weight excluding hydrogens is 338 g/mol. The second-order valence-corrected chi connectivity index (χ2v) is 7.81. The number of carbonyl (C=O) groups excluding carboxylic acids is 1. The van der Waals surface area contributed by atoms with E-state index in [9.17, 15) is 4.79 Å². The lowest BCUT2D eigenvalue weighted by Crippen LogP contribution is -2.25. The Balaban J connectivity index is 1.65. The van der Waals surface area contributed by atoms with E-state index in [1.807, 2.05) is 53.0 Å². The van der Waals surface area contributed by atoms with Gasteiger partial charge < -0.3 is 9.88 Å². The standard InChI is InChI=1S/C18H17N3OS2/c22-17(20-11-13-4-3-6-19-10-13)16-14-5-9-23-12-15(14)24-18(16)21-7-1-2-8-21/h1-4,6-8,10H,5,9,11-12H2,(H,20,22). The molecule has 122 valence electrons. The summed E-state index contributed by atoms with van der Waals surface area (Å²) in [5, 5.41) is 4.09. The van der Waals surface area contributed by atoms with Crippen LogP contribution in [0.2, 0.25) is 0 Å². The minimum atomic E-state index is 0.00644. The van der Waals surface area contributed by atoms with Crippen molar-refractivity contribution in [1.82, 2.24) is 14.9 Å². The maximum atomic E-state index is 12.9. The van der Waals surface area contributed by atoms with Crippen LogP contribution in [0.15, 0.2) is 49.1 Å². The molecule has 0 bridgehead atoms. The summed E-state index contributed by atoms with van der Waals surface area (Å²) in [6, 6.07) is 7.84. The quantitative estimate of drug-likeness (QED) is 0.777. The monoisotopic (exact) mass is 355 g/mol. The van der Waals surface area contributed by atoms with Gasteiger partial charge in [0.2, 0.25) is 0 Å². The predicted molar refractivity (Wildman–Crippen MR) is 98.9 cm³/mol. The summed E-state index contributed by atoms with van der Waals surface area (Å²) in [5.41, 5.74) is 3.08. The molecule has 0 saturated carbocycles. The fourth-order valence-electron chi connectivity index (χ4n) is 2.88. The average Bonchev–Trinajstić information content (AvgIpc) is 3.27. The van der Waals surface area contributed by atoms with Gasteiger partial charge in [-0.3, -0.25) is 9.78 Å². The smallest absolute Gasteiger partial charge is 0.254 e. The molecule has 0 aromatic carbocycles. The summed E-state index contributed by atoms with van der Waals surface area (Å²) < 4.78 is 2.05. The van der Waals surface area contributed by atoms with Gasteiger partial charge in [-0.25, -0.2) is 0 Å². The Morgan fingerprint density at radius 2 is 2.17 bits per heavy atom. The highest BCUT2D eigenvalue weighted by Crippen LogP contribution is 2.38. The molecule has 1 N–H and O–H groups in total. The molecule has 0 unspecified atom stereocenters. The highest BCUT2D eigenvalue weighted by molar-refractivity contribution is 7.98. The number of thioether (sulfide) groups is 1. The van der Waals surface area contributed by atoms with Crippen LogP contribution in [0.3, 0.4) is 0 Å². The van der Waals surface area contributed by atoms with Crippen molar-refractivity contribution in [3.63, 3.8) is 0 Å². The van der Waals surface area contributed by atoms with Crippen molar-refractivity contribution < 1.29 is 4.79 Å². The molecule has 0 radical (unpaired) electrons. The second-order valence-electron chi connectivity index (χ2n) is 5.62. The van der Waals surface area contributed by atoms with E-state index in [0.717, 1.165) is 34.1 Å². The summed E-state index contributed by atoms with van der Waals surface area (Å²) >= 11 is 3.68. The number of pyridine rings is 1. The Morgan fingerprint density at radius 1 is 1.29 bits per heavy atom. The summed E-state index contributed by atoms with van der Waals surface area (Å²) in [6.07, 6.45) is 8.49. The van der Waals surface area contributed by atoms with Gasteiger partial charge in [0.25, 0.3) is 5.91 Å². The van der Waals surface area contributed by atoms with Gasteiger partial charge in [0, 0.05) is 42.0 Å². The number of hydrogen-bond donors (Lipinski definition) is 1. The molecule has 4 nitrogen and oxygen atoms in total. The lowest BCUT2D eigenvalue weighted by atomic mass is 10.1. The van der Waals surface area contributed by atoms with E-state index in [1.165, 1.54) is 10.4 Å². The van der Waals surface area contributed by atoms with E-state index in [1.54, 1.807) is 23.7 Å². The van der Waals surface area contributed by atoms with Gasteiger partial charge in [0.1, 0.15) is 5.00 Å². The van der Waals surface area contributed by atoms with Crippen molar-refractivity contribution in [1.29, 1.82) is 0 Å². The predicted octanol–water partition coefficient (Wildman–Crippen LogP) is 3.65. The van der Waals surface area contributed by atoms with Crippen molar-refractivity contribution in [2.24, 2.45) is 0 Å². The van der Waals surface area contributed by atoms with Crippen molar-refractivity contribution in [2.75, 3.05) is 5.75 Å². The second kappa shape index (κ2) is 6.83. The van der Waals surface area contributed by atoms with Crippen LogP contribution in [0.25, 0.3) is 5.00 Å². The van der Waals surface area contributed by atoms with Crippen molar-refractivity contribution in [3.05, 3.63) is 70.6 Å². The van der Waals surface area contributed by atoms with Gasteiger partial charge in [-0.05, 0) is 41.5 Å². The number of carbonyl (C=O) groups is 1. The first-order valence-electron chi connectivity index (χ1n) is 7.85. The van der Waals surface area contributed by atoms with Crippen LogP contribution in [-0.2, 0) is 18.7 Å². The first-order chi connectivity index (χ1) is 11.8. The van der Waals surface area contributed by atoms with E-state index < -0.39 is 0 Å². The summed E-state index contributed by atoms with van der Waals surface area (Å²) in [7, 11) is 0. The Morgan fingerprint density at radius 3 is 2.96 bits per heavy atom. The molecule has 0 fully saturated rings. The van der Waals surface area contributed by atoms with Gasteiger partial charge >= 0.3 is 0 Å². The molecule has 4 heterocycles. The fourth-order valence-corrected chi connectivity index (χ4v) is 5.32. The number of hydrogen-bond acceptors (Lipinski definition) is 4. The first kappa shape index (κ1) is 15.5. The minimum absolute atomic E-state index is 0.00644. The lowest BCUT2D eigenvalue weighted by Gasteiger charge is -2.13. The maximum Gasteiger partial charge on any atom is 0.254 e. The number of nitrogens with one attached hydrogen (secondary N) is 1. The number of thiophene rings is 1. The van der Waals surface area contributed by atoms with Crippen LogP contribution in [0, 0.1) is 0 Å². The first-order valence-corrected chi connectivity index (χ1v) is 9.83. The molecule has 1 amide bonds. The van der Waals surface area contributed by atoms with E-state index in [-0.39, 0.29) is 5.91 Å².